The van der Waals surface area contributed by atoms with Gasteiger partial charge in [-0.25, -0.2) is 0 Å². The Balaban J connectivity index is 2.10. The number of carbonyl (C=O) groups excluding carboxylic acids is 1. The van der Waals surface area contributed by atoms with E-state index in [0.29, 0.717) is 11.4 Å². The van der Waals surface area contributed by atoms with Gasteiger partial charge in [0.15, 0.2) is 0 Å². The Kier molecular flexibility index (Phi) is 4.33. The maximum atomic E-state index is 12.3. The zero-order valence-electron chi connectivity index (χ0n) is 10.8. The first-order valence-electron chi connectivity index (χ1n) is 6.65. The fourth-order valence-electron chi connectivity index (χ4n) is 2.65. The second kappa shape index (κ2) is 5.79. The van der Waals surface area contributed by atoms with Crippen LogP contribution in [0, 0.1) is 0 Å². The summed E-state index contributed by atoms with van der Waals surface area (Å²) in [6, 6.07) is 1.74. The first-order chi connectivity index (χ1) is 8.71. The second-order valence-electron chi connectivity index (χ2n) is 5.04. The van der Waals surface area contributed by atoms with E-state index in [0.717, 1.165) is 37.9 Å². The number of aryl methyl sites for hydroxylation is 1. The van der Waals surface area contributed by atoms with Gasteiger partial charge in [-0.3, -0.25) is 4.79 Å². The Morgan fingerprint density at radius 3 is 2.78 bits per heavy atom. The van der Waals surface area contributed by atoms with Crippen LogP contribution in [-0.4, -0.2) is 17.3 Å². The summed E-state index contributed by atoms with van der Waals surface area (Å²) < 4.78 is 5.30. The van der Waals surface area contributed by atoms with Gasteiger partial charge in [0.2, 0.25) is 0 Å². The van der Waals surface area contributed by atoms with E-state index < -0.39 is 0 Å². The zero-order valence-corrected chi connectivity index (χ0v) is 11.6. The number of alkyl halides is 1. The lowest BCUT2D eigenvalue weighted by atomic mass is 9.83. The topological polar surface area (TPSA) is 42.2 Å². The molecule has 0 unspecified atom stereocenters. The average Bonchev–Trinajstić information content (AvgIpc) is 2.88. The highest BCUT2D eigenvalue weighted by atomic mass is 35.5. The molecule has 18 heavy (non-hydrogen) atoms. The van der Waals surface area contributed by atoms with Crippen molar-refractivity contribution in [1.29, 1.82) is 0 Å². The van der Waals surface area contributed by atoms with Crippen molar-refractivity contribution in [3.05, 3.63) is 23.7 Å². The Bertz CT molecular complexity index is 408. The number of halogens is 1. The standard InChI is InChI=1S/C14H20ClNO2/c1-2-12-11(6-9-18-12)13(17)16-14(10-15)7-4-3-5-8-14/h6,9H,2-5,7-8,10H2,1H3,(H,16,17). The van der Waals surface area contributed by atoms with Gasteiger partial charge in [0.25, 0.3) is 5.91 Å². The minimum atomic E-state index is -0.223. The smallest absolute Gasteiger partial charge is 0.255 e. The normalized spacial score (nSPS) is 18.6. The molecule has 1 aliphatic carbocycles. The fraction of sp³-hybridized carbons (Fsp3) is 0.643. The third-order valence-corrected chi connectivity index (χ3v) is 4.27. The molecule has 3 nitrogen and oxygen atoms in total. The van der Waals surface area contributed by atoms with Gasteiger partial charge in [0.05, 0.1) is 17.4 Å². The summed E-state index contributed by atoms with van der Waals surface area (Å²) in [5, 5.41) is 3.13. The molecule has 0 saturated heterocycles. The van der Waals surface area contributed by atoms with E-state index in [4.69, 9.17) is 16.0 Å². The Hall–Kier alpha value is -0.960. The molecule has 1 fully saturated rings. The maximum absolute atomic E-state index is 12.3. The van der Waals surface area contributed by atoms with Crippen LogP contribution in [0.25, 0.3) is 0 Å². The lowest BCUT2D eigenvalue weighted by Crippen LogP contribution is -2.51. The molecule has 1 heterocycles. The van der Waals surface area contributed by atoms with Crippen LogP contribution in [0.4, 0.5) is 0 Å². The molecule has 0 bridgehead atoms. The summed E-state index contributed by atoms with van der Waals surface area (Å²) in [6.07, 6.45) is 7.76. The predicted octanol–water partition coefficient (Wildman–Crippen LogP) is 3.51. The van der Waals surface area contributed by atoms with Crippen molar-refractivity contribution in [3.63, 3.8) is 0 Å². The molecular weight excluding hydrogens is 250 g/mol. The van der Waals surface area contributed by atoms with Gasteiger partial charge in [0.1, 0.15) is 5.76 Å². The quantitative estimate of drug-likeness (QED) is 0.850. The first kappa shape index (κ1) is 13.5. The number of hydrogen-bond acceptors (Lipinski definition) is 2. The van der Waals surface area contributed by atoms with Gasteiger partial charge < -0.3 is 9.73 Å². The fourth-order valence-corrected chi connectivity index (χ4v) is 2.98. The molecule has 1 amide bonds. The highest BCUT2D eigenvalue weighted by Gasteiger charge is 2.33. The summed E-state index contributed by atoms with van der Waals surface area (Å²) >= 11 is 6.08. The van der Waals surface area contributed by atoms with Crippen LogP contribution in [0.15, 0.2) is 16.7 Å². The molecule has 1 N–H and O–H groups in total. The predicted molar refractivity (Wildman–Crippen MR) is 72.1 cm³/mol. The zero-order chi connectivity index (χ0) is 13.0. The molecule has 0 atom stereocenters. The highest BCUT2D eigenvalue weighted by molar-refractivity contribution is 6.19. The summed E-state index contributed by atoms with van der Waals surface area (Å²) in [4.78, 5) is 12.3. The largest absolute Gasteiger partial charge is 0.469 e. The maximum Gasteiger partial charge on any atom is 0.255 e. The van der Waals surface area contributed by atoms with Gasteiger partial charge in [0, 0.05) is 12.3 Å². The Labute approximate surface area is 113 Å². The van der Waals surface area contributed by atoms with E-state index in [1.165, 1.54) is 6.42 Å². The summed E-state index contributed by atoms with van der Waals surface area (Å²) in [5.74, 6) is 1.18. The molecule has 4 heteroatoms. The average molecular weight is 270 g/mol. The molecule has 0 radical (unpaired) electrons. The molecular formula is C14H20ClNO2. The molecule has 0 aromatic carbocycles. The molecule has 2 rings (SSSR count). The third-order valence-electron chi connectivity index (χ3n) is 3.76. The van der Waals surface area contributed by atoms with Crippen molar-refractivity contribution >= 4 is 17.5 Å². The van der Waals surface area contributed by atoms with E-state index >= 15 is 0 Å². The molecule has 1 aromatic rings. The molecule has 0 aliphatic heterocycles. The Morgan fingerprint density at radius 1 is 1.44 bits per heavy atom. The minimum Gasteiger partial charge on any atom is -0.469 e. The van der Waals surface area contributed by atoms with Crippen molar-refractivity contribution in [2.75, 3.05) is 5.88 Å². The number of nitrogens with one attached hydrogen (secondary N) is 1. The van der Waals surface area contributed by atoms with Crippen molar-refractivity contribution < 1.29 is 9.21 Å². The molecule has 1 saturated carbocycles. The Morgan fingerprint density at radius 2 is 2.17 bits per heavy atom. The highest BCUT2D eigenvalue weighted by Crippen LogP contribution is 2.29. The van der Waals surface area contributed by atoms with E-state index in [2.05, 4.69) is 5.32 Å². The summed E-state index contributed by atoms with van der Waals surface area (Å²) in [7, 11) is 0. The molecule has 100 valence electrons. The van der Waals surface area contributed by atoms with Crippen LogP contribution >= 0.6 is 11.6 Å². The monoisotopic (exact) mass is 269 g/mol. The van der Waals surface area contributed by atoms with Crippen molar-refractivity contribution in [2.45, 2.75) is 51.0 Å². The first-order valence-corrected chi connectivity index (χ1v) is 7.19. The van der Waals surface area contributed by atoms with Crippen LogP contribution in [0.2, 0.25) is 0 Å². The van der Waals surface area contributed by atoms with Gasteiger partial charge in [-0.15, -0.1) is 11.6 Å². The molecule has 1 aliphatic rings. The van der Waals surface area contributed by atoms with Crippen LogP contribution in [0.1, 0.15) is 55.1 Å². The lowest BCUT2D eigenvalue weighted by Gasteiger charge is -2.36. The number of rotatable bonds is 4. The summed E-state index contributed by atoms with van der Waals surface area (Å²) in [6.45, 7) is 1.98. The van der Waals surface area contributed by atoms with E-state index in [1.807, 2.05) is 6.92 Å². The van der Waals surface area contributed by atoms with Gasteiger partial charge in [-0.2, -0.15) is 0 Å². The van der Waals surface area contributed by atoms with E-state index in [9.17, 15) is 4.79 Å². The summed E-state index contributed by atoms with van der Waals surface area (Å²) in [5.41, 5.74) is 0.423. The second-order valence-corrected chi connectivity index (χ2v) is 5.31. The number of amides is 1. The molecule has 0 spiro atoms. The SMILES string of the molecule is CCc1occc1C(=O)NC1(CCl)CCCCC1. The van der Waals surface area contributed by atoms with Crippen LogP contribution in [-0.2, 0) is 6.42 Å². The van der Waals surface area contributed by atoms with Gasteiger partial charge in [-0.1, -0.05) is 26.2 Å². The number of furan rings is 1. The van der Waals surface area contributed by atoms with E-state index in [-0.39, 0.29) is 11.4 Å². The number of carbonyl (C=O) groups is 1. The van der Waals surface area contributed by atoms with Gasteiger partial charge >= 0.3 is 0 Å². The van der Waals surface area contributed by atoms with Crippen molar-refractivity contribution in [1.82, 2.24) is 5.32 Å². The van der Waals surface area contributed by atoms with Crippen LogP contribution < -0.4 is 5.32 Å². The van der Waals surface area contributed by atoms with E-state index in [1.54, 1.807) is 12.3 Å². The molecule has 1 aromatic heterocycles. The number of hydrogen-bond donors (Lipinski definition) is 1. The van der Waals surface area contributed by atoms with Crippen molar-refractivity contribution in [3.8, 4) is 0 Å². The van der Waals surface area contributed by atoms with Crippen LogP contribution in [0.3, 0.4) is 0 Å². The van der Waals surface area contributed by atoms with Crippen LogP contribution in [0.5, 0.6) is 0 Å². The lowest BCUT2D eigenvalue weighted by molar-refractivity contribution is 0.0883. The van der Waals surface area contributed by atoms with Gasteiger partial charge in [-0.05, 0) is 18.9 Å². The third kappa shape index (κ3) is 2.72. The van der Waals surface area contributed by atoms with Crippen molar-refractivity contribution in [2.24, 2.45) is 0 Å². The minimum absolute atomic E-state index is 0.0526.